The lowest BCUT2D eigenvalue weighted by Crippen LogP contribution is -2.11. The number of rotatable bonds is 6. The van der Waals surface area contributed by atoms with E-state index < -0.39 is 0 Å². The molecule has 0 aliphatic carbocycles. The van der Waals surface area contributed by atoms with Crippen molar-refractivity contribution in [2.24, 2.45) is 0 Å². The van der Waals surface area contributed by atoms with Gasteiger partial charge in [-0.25, -0.2) is 4.39 Å². The molecule has 2 N–H and O–H groups in total. The number of aryl methyl sites for hydroxylation is 2. The van der Waals surface area contributed by atoms with Gasteiger partial charge in [0.25, 0.3) is 0 Å². The van der Waals surface area contributed by atoms with E-state index in [0.29, 0.717) is 19.3 Å². The van der Waals surface area contributed by atoms with Gasteiger partial charge >= 0.3 is 0 Å². The van der Waals surface area contributed by atoms with Crippen molar-refractivity contribution < 1.29 is 9.18 Å². The maximum atomic E-state index is 13.9. The normalized spacial score (nSPS) is 11.0. The van der Waals surface area contributed by atoms with Gasteiger partial charge in [0.05, 0.1) is 11.4 Å². The third kappa shape index (κ3) is 4.35. The van der Waals surface area contributed by atoms with E-state index in [0.717, 1.165) is 39.1 Å². The van der Waals surface area contributed by atoms with Crippen LogP contribution in [-0.2, 0) is 11.2 Å². The Bertz CT molecular complexity index is 1130. The first kappa shape index (κ1) is 18.9. The van der Waals surface area contributed by atoms with Crippen LogP contribution in [0.2, 0.25) is 0 Å². The number of carbonyl (C=O) groups is 1. The second-order valence-corrected chi connectivity index (χ2v) is 7.15. The molecule has 0 bridgehead atoms. The molecule has 0 unspecified atom stereocenters. The number of fused-ring (bicyclic) bond motifs is 1. The number of benzene rings is 2. The highest BCUT2D eigenvalue weighted by atomic mass is 19.1. The quantitative estimate of drug-likeness (QED) is 0.450. The first-order valence-electron chi connectivity index (χ1n) is 9.68. The first-order valence-corrected chi connectivity index (χ1v) is 9.68. The minimum atomic E-state index is -0.276. The summed E-state index contributed by atoms with van der Waals surface area (Å²) in [6.07, 6.45) is 3.43. The van der Waals surface area contributed by atoms with Gasteiger partial charge in [0.2, 0.25) is 5.91 Å². The van der Waals surface area contributed by atoms with E-state index >= 15 is 0 Å². The van der Waals surface area contributed by atoms with Gasteiger partial charge in [-0.2, -0.15) is 0 Å². The Kier molecular flexibility index (Phi) is 5.38. The van der Waals surface area contributed by atoms with Crippen LogP contribution >= 0.6 is 0 Å². The highest BCUT2D eigenvalue weighted by Gasteiger charge is 2.15. The maximum Gasteiger partial charge on any atom is 0.224 e. The smallest absolute Gasteiger partial charge is 0.224 e. The number of carbonyl (C=O) groups excluding carboxylic acids is 1. The predicted molar refractivity (Wildman–Crippen MR) is 114 cm³/mol. The molecule has 4 aromatic rings. The monoisotopic (exact) mass is 387 g/mol. The second kappa shape index (κ2) is 8.27. The number of aromatic nitrogens is 2. The molecule has 0 saturated carbocycles. The number of halogens is 1. The number of nitrogens with zero attached hydrogens (tertiary/aromatic N) is 1. The summed E-state index contributed by atoms with van der Waals surface area (Å²) in [6.45, 7) is 2.01. The Hall–Kier alpha value is -3.47. The van der Waals surface area contributed by atoms with Crippen molar-refractivity contribution in [3.8, 4) is 11.4 Å². The molecule has 4 rings (SSSR count). The van der Waals surface area contributed by atoms with Gasteiger partial charge in [0, 0.05) is 29.2 Å². The van der Waals surface area contributed by atoms with Gasteiger partial charge in [0.15, 0.2) is 0 Å². The molecule has 146 valence electrons. The third-order valence-corrected chi connectivity index (χ3v) is 4.96. The largest absolute Gasteiger partial charge is 0.353 e. The van der Waals surface area contributed by atoms with Crippen molar-refractivity contribution in [1.82, 2.24) is 9.97 Å². The molecule has 0 aliphatic heterocycles. The summed E-state index contributed by atoms with van der Waals surface area (Å²) in [4.78, 5) is 20.1. The van der Waals surface area contributed by atoms with Crippen LogP contribution in [0.1, 0.15) is 24.0 Å². The zero-order valence-electron chi connectivity index (χ0n) is 16.2. The van der Waals surface area contributed by atoms with E-state index in [4.69, 9.17) is 0 Å². The van der Waals surface area contributed by atoms with E-state index in [1.165, 1.54) is 6.07 Å². The predicted octanol–water partition coefficient (Wildman–Crippen LogP) is 5.64. The molecule has 0 saturated heterocycles. The van der Waals surface area contributed by atoms with Crippen molar-refractivity contribution in [3.63, 3.8) is 0 Å². The maximum absolute atomic E-state index is 13.9. The lowest BCUT2D eigenvalue weighted by molar-refractivity contribution is -0.116. The molecule has 2 heterocycles. The van der Waals surface area contributed by atoms with Crippen LogP contribution < -0.4 is 5.32 Å². The molecule has 5 heteroatoms. The molecule has 0 spiro atoms. The minimum absolute atomic E-state index is 0.0285. The van der Waals surface area contributed by atoms with Crippen LogP contribution in [0.25, 0.3) is 22.3 Å². The number of hydrogen-bond acceptors (Lipinski definition) is 2. The van der Waals surface area contributed by atoms with E-state index in [1.54, 1.807) is 18.3 Å². The Labute approximate surface area is 168 Å². The first-order chi connectivity index (χ1) is 14.1. The van der Waals surface area contributed by atoms with Crippen molar-refractivity contribution in [3.05, 3.63) is 83.8 Å². The highest BCUT2D eigenvalue weighted by Crippen LogP contribution is 2.31. The fourth-order valence-corrected chi connectivity index (χ4v) is 3.49. The highest BCUT2D eigenvalue weighted by molar-refractivity contribution is 5.92. The van der Waals surface area contributed by atoms with Crippen LogP contribution in [0.3, 0.4) is 0 Å². The minimum Gasteiger partial charge on any atom is -0.353 e. The van der Waals surface area contributed by atoms with Crippen LogP contribution in [-0.4, -0.2) is 15.9 Å². The number of hydrogen-bond donors (Lipinski definition) is 2. The summed E-state index contributed by atoms with van der Waals surface area (Å²) in [6, 6.07) is 18.2. The molecular formula is C24H22FN3O. The average Bonchev–Trinajstić information content (AvgIpc) is 3.08. The molecule has 1 amide bonds. The van der Waals surface area contributed by atoms with Crippen molar-refractivity contribution in [1.29, 1.82) is 0 Å². The number of amides is 1. The van der Waals surface area contributed by atoms with Gasteiger partial charge in [-0.1, -0.05) is 23.8 Å². The second-order valence-electron chi connectivity index (χ2n) is 7.15. The summed E-state index contributed by atoms with van der Waals surface area (Å²) < 4.78 is 13.9. The molecule has 0 aliphatic rings. The summed E-state index contributed by atoms with van der Waals surface area (Å²) >= 11 is 0. The molecule has 2 aromatic carbocycles. The van der Waals surface area contributed by atoms with Gasteiger partial charge in [-0.3, -0.25) is 9.78 Å². The van der Waals surface area contributed by atoms with Crippen molar-refractivity contribution in [2.45, 2.75) is 26.2 Å². The fraction of sp³-hybridized carbons (Fsp3) is 0.167. The summed E-state index contributed by atoms with van der Waals surface area (Å²) in [5, 5.41) is 3.76. The topological polar surface area (TPSA) is 57.8 Å². The van der Waals surface area contributed by atoms with Gasteiger partial charge < -0.3 is 10.3 Å². The summed E-state index contributed by atoms with van der Waals surface area (Å²) in [5.41, 5.74) is 5.49. The van der Waals surface area contributed by atoms with Crippen molar-refractivity contribution >= 4 is 22.5 Å². The molecular weight excluding hydrogens is 365 g/mol. The molecule has 29 heavy (non-hydrogen) atoms. The molecule has 0 fully saturated rings. The zero-order chi connectivity index (χ0) is 20.2. The van der Waals surface area contributed by atoms with Crippen LogP contribution in [0.15, 0.2) is 66.9 Å². The molecule has 0 radical (unpaired) electrons. The summed E-state index contributed by atoms with van der Waals surface area (Å²) in [5.74, 6) is -0.304. The lowest BCUT2D eigenvalue weighted by atomic mass is 10.0. The third-order valence-electron chi connectivity index (χ3n) is 4.96. The van der Waals surface area contributed by atoms with E-state index in [-0.39, 0.29) is 11.7 Å². The lowest BCUT2D eigenvalue weighted by Gasteiger charge is -2.07. The number of nitrogens with one attached hydrogen (secondary N) is 2. The Morgan fingerprint density at radius 3 is 2.69 bits per heavy atom. The SMILES string of the molecule is Cc1ccc(NC(=O)CCCc2c(-c3ccccn3)[nH]c3ccc(F)cc23)cc1. The summed E-state index contributed by atoms with van der Waals surface area (Å²) in [7, 11) is 0. The number of pyridine rings is 1. The van der Waals surface area contributed by atoms with Crippen LogP contribution in [0.5, 0.6) is 0 Å². The Morgan fingerprint density at radius 2 is 1.93 bits per heavy atom. The number of H-pyrrole nitrogens is 1. The van der Waals surface area contributed by atoms with E-state index in [9.17, 15) is 9.18 Å². The van der Waals surface area contributed by atoms with Gasteiger partial charge in [-0.15, -0.1) is 0 Å². The average molecular weight is 387 g/mol. The number of anilines is 1. The van der Waals surface area contributed by atoms with Crippen LogP contribution in [0.4, 0.5) is 10.1 Å². The molecule has 2 aromatic heterocycles. The fourth-order valence-electron chi connectivity index (χ4n) is 3.49. The standard InChI is InChI=1S/C24H22FN3O/c1-16-8-11-18(12-9-16)27-23(29)7-4-5-19-20-15-17(25)10-13-21(20)28-24(19)22-6-2-3-14-26-22/h2-3,6,8-15,28H,4-5,7H2,1H3,(H,27,29). The van der Waals surface area contributed by atoms with E-state index in [1.807, 2.05) is 49.4 Å². The van der Waals surface area contributed by atoms with E-state index in [2.05, 4.69) is 15.3 Å². The Balaban J connectivity index is 1.51. The Morgan fingerprint density at radius 1 is 1.10 bits per heavy atom. The van der Waals surface area contributed by atoms with Gasteiger partial charge in [-0.05, 0) is 67.8 Å². The van der Waals surface area contributed by atoms with Crippen molar-refractivity contribution in [2.75, 3.05) is 5.32 Å². The van der Waals surface area contributed by atoms with Gasteiger partial charge in [0.1, 0.15) is 5.82 Å². The van der Waals surface area contributed by atoms with Crippen LogP contribution in [0, 0.1) is 12.7 Å². The number of aromatic amines is 1. The molecule has 4 nitrogen and oxygen atoms in total. The zero-order valence-corrected chi connectivity index (χ0v) is 16.2. The molecule has 0 atom stereocenters.